The Morgan fingerprint density at radius 2 is 1.38 bits per heavy atom. The topological polar surface area (TPSA) is 97.4 Å². The van der Waals surface area contributed by atoms with Gasteiger partial charge in [0.25, 0.3) is 11.8 Å². The average molecular weight is 325 g/mol. The van der Waals surface area contributed by atoms with Crippen molar-refractivity contribution in [1.29, 1.82) is 0 Å². The highest BCUT2D eigenvalue weighted by molar-refractivity contribution is 5.99. The molecule has 0 atom stereocenters. The van der Waals surface area contributed by atoms with Crippen molar-refractivity contribution in [2.75, 3.05) is 0 Å². The standard InChI is InChI=1S/C17H15N3O4/c21-16(19-6-12-1-3-23-10-12)14-5-15(9-18-8-14)17(22)20-7-13-2-4-24-11-13/h1-5,8-11H,6-7H2,(H,19,21)(H,20,22). The third-order valence-electron chi connectivity index (χ3n) is 3.33. The van der Waals surface area contributed by atoms with Crippen LogP contribution in [0.3, 0.4) is 0 Å². The Hall–Kier alpha value is -3.35. The van der Waals surface area contributed by atoms with Crippen LogP contribution in [0.2, 0.25) is 0 Å². The van der Waals surface area contributed by atoms with Crippen molar-refractivity contribution in [3.8, 4) is 0 Å². The number of pyridine rings is 1. The first-order valence-corrected chi connectivity index (χ1v) is 7.26. The van der Waals surface area contributed by atoms with E-state index in [-0.39, 0.29) is 11.8 Å². The molecule has 2 N–H and O–H groups in total. The minimum Gasteiger partial charge on any atom is -0.472 e. The number of carbonyl (C=O) groups excluding carboxylic acids is 2. The minimum absolute atomic E-state index is 0.312. The maximum Gasteiger partial charge on any atom is 0.253 e. The van der Waals surface area contributed by atoms with Crippen LogP contribution in [0.4, 0.5) is 0 Å². The zero-order valence-corrected chi connectivity index (χ0v) is 12.7. The van der Waals surface area contributed by atoms with Gasteiger partial charge < -0.3 is 19.5 Å². The molecule has 2 amide bonds. The van der Waals surface area contributed by atoms with E-state index in [2.05, 4.69) is 15.6 Å². The van der Waals surface area contributed by atoms with Gasteiger partial charge in [0, 0.05) is 36.6 Å². The summed E-state index contributed by atoms with van der Waals surface area (Å²) < 4.78 is 9.87. The lowest BCUT2D eigenvalue weighted by molar-refractivity contribution is 0.0950. The van der Waals surface area contributed by atoms with Gasteiger partial charge in [0.1, 0.15) is 0 Å². The van der Waals surface area contributed by atoms with Crippen molar-refractivity contribution < 1.29 is 18.4 Å². The van der Waals surface area contributed by atoms with Gasteiger partial charge in [-0.1, -0.05) is 0 Å². The van der Waals surface area contributed by atoms with E-state index in [4.69, 9.17) is 8.83 Å². The highest BCUT2D eigenvalue weighted by Crippen LogP contribution is 2.06. The summed E-state index contributed by atoms with van der Waals surface area (Å²) in [5.41, 5.74) is 2.33. The fourth-order valence-corrected chi connectivity index (χ4v) is 2.04. The van der Waals surface area contributed by atoms with Crippen molar-refractivity contribution >= 4 is 11.8 Å². The molecule has 0 aliphatic heterocycles. The van der Waals surface area contributed by atoms with E-state index in [1.54, 1.807) is 24.7 Å². The van der Waals surface area contributed by atoms with Crippen LogP contribution in [0, 0.1) is 0 Å². The molecule has 0 aromatic carbocycles. The van der Waals surface area contributed by atoms with Gasteiger partial charge in [0.15, 0.2) is 0 Å². The van der Waals surface area contributed by atoms with Gasteiger partial charge in [0.2, 0.25) is 0 Å². The molecular weight excluding hydrogens is 310 g/mol. The molecule has 3 rings (SSSR count). The average Bonchev–Trinajstić information content (AvgIpc) is 3.31. The van der Waals surface area contributed by atoms with E-state index >= 15 is 0 Å². The maximum absolute atomic E-state index is 12.1. The fourth-order valence-electron chi connectivity index (χ4n) is 2.04. The molecule has 0 unspecified atom stereocenters. The summed E-state index contributed by atoms with van der Waals surface area (Å²) in [6, 6.07) is 5.03. The number of amides is 2. The second-order valence-corrected chi connectivity index (χ2v) is 5.09. The summed E-state index contributed by atoms with van der Waals surface area (Å²) in [7, 11) is 0. The molecule has 0 spiro atoms. The predicted octanol–water partition coefficient (Wildman–Crippen LogP) is 2.13. The normalized spacial score (nSPS) is 10.3. The Labute approximate surface area is 137 Å². The SMILES string of the molecule is O=C(NCc1ccoc1)c1cncc(C(=O)NCc2ccoc2)c1. The van der Waals surface area contributed by atoms with Gasteiger partial charge >= 0.3 is 0 Å². The van der Waals surface area contributed by atoms with E-state index in [1.807, 2.05) is 0 Å². The van der Waals surface area contributed by atoms with E-state index in [0.29, 0.717) is 24.2 Å². The van der Waals surface area contributed by atoms with Crippen molar-refractivity contribution in [2.24, 2.45) is 0 Å². The van der Waals surface area contributed by atoms with Crippen LogP contribution in [0.5, 0.6) is 0 Å². The number of hydrogen-bond acceptors (Lipinski definition) is 5. The molecular formula is C17H15N3O4. The van der Waals surface area contributed by atoms with Crippen LogP contribution in [-0.2, 0) is 13.1 Å². The number of rotatable bonds is 6. The Balaban J connectivity index is 1.60. The Bertz CT molecular complexity index is 745. The zero-order valence-electron chi connectivity index (χ0n) is 12.7. The maximum atomic E-state index is 12.1. The highest BCUT2D eigenvalue weighted by Gasteiger charge is 2.11. The number of hydrogen-bond donors (Lipinski definition) is 2. The van der Waals surface area contributed by atoms with Gasteiger partial charge in [-0.15, -0.1) is 0 Å². The van der Waals surface area contributed by atoms with Crippen LogP contribution in [0.1, 0.15) is 31.8 Å². The molecule has 0 fully saturated rings. The van der Waals surface area contributed by atoms with Crippen molar-refractivity contribution in [1.82, 2.24) is 15.6 Å². The zero-order chi connectivity index (χ0) is 16.8. The first-order valence-electron chi connectivity index (χ1n) is 7.26. The molecule has 7 nitrogen and oxygen atoms in total. The van der Waals surface area contributed by atoms with Crippen LogP contribution < -0.4 is 10.6 Å². The molecule has 3 aromatic rings. The Kier molecular flexibility index (Phi) is 4.71. The van der Waals surface area contributed by atoms with Gasteiger partial charge in [0.05, 0.1) is 36.2 Å². The molecule has 3 heterocycles. The van der Waals surface area contributed by atoms with Crippen LogP contribution in [-0.4, -0.2) is 16.8 Å². The summed E-state index contributed by atoms with van der Waals surface area (Å²) >= 11 is 0. The quantitative estimate of drug-likeness (QED) is 0.723. The van der Waals surface area contributed by atoms with Gasteiger partial charge in [-0.2, -0.15) is 0 Å². The molecule has 0 radical (unpaired) electrons. The van der Waals surface area contributed by atoms with Crippen LogP contribution in [0.25, 0.3) is 0 Å². The number of aromatic nitrogens is 1. The third-order valence-corrected chi connectivity index (χ3v) is 3.33. The number of nitrogens with one attached hydrogen (secondary N) is 2. The third kappa shape index (κ3) is 3.89. The van der Waals surface area contributed by atoms with Gasteiger partial charge in [-0.3, -0.25) is 14.6 Å². The van der Waals surface area contributed by atoms with Crippen LogP contribution in [0.15, 0.2) is 64.5 Å². The van der Waals surface area contributed by atoms with E-state index < -0.39 is 0 Å². The van der Waals surface area contributed by atoms with Gasteiger partial charge in [-0.05, 0) is 18.2 Å². The van der Waals surface area contributed by atoms with E-state index in [1.165, 1.54) is 31.0 Å². The Morgan fingerprint density at radius 1 is 0.875 bits per heavy atom. The first kappa shape index (κ1) is 15.5. The molecule has 0 saturated carbocycles. The van der Waals surface area contributed by atoms with E-state index in [0.717, 1.165) is 11.1 Å². The summed E-state index contributed by atoms with van der Waals surface area (Å²) in [6.45, 7) is 0.679. The summed E-state index contributed by atoms with van der Waals surface area (Å²) in [6.07, 6.45) is 9.01. The van der Waals surface area contributed by atoms with Crippen molar-refractivity contribution in [3.63, 3.8) is 0 Å². The summed E-state index contributed by atoms with van der Waals surface area (Å²) in [4.78, 5) is 28.2. The second-order valence-electron chi connectivity index (χ2n) is 5.09. The van der Waals surface area contributed by atoms with Crippen LogP contribution >= 0.6 is 0 Å². The Morgan fingerprint density at radius 3 is 1.79 bits per heavy atom. The number of nitrogens with zero attached hydrogens (tertiary/aromatic N) is 1. The molecule has 24 heavy (non-hydrogen) atoms. The van der Waals surface area contributed by atoms with Gasteiger partial charge in [-0.25, -0.2) is 0 Å². The smallest absolute Gasteiger partial charge is 0.253 e. The largest absolute Gasteiger partial charge is 0.472 e. The predicted molar refractivity (Wildman–Crippen MR) is 84.0 cm³/mol. The molecule has 0 aliphatic rings. The molecule has 7 heteroatoms. The lowest BCUT2D eigenvalue weighted by atomic mass is 10.2. The molecule has 3 aromatic heterocycles. The van der Waals surface area contributed by atoms with E-state index in [9.17, 15) is 9.59 Å². The lowest BCUT2D eigenvalue weighted by Gasteiger charge is -2.06. The summed E-state index contributed by atoms with van der Waals surface area (Å²) in [5.74, 6) is -0.624. The molecule has 0 saturated heterocycles. The molecule has 0 aliphatic carbocycles. The number of furan rings is 2. The van der Waals surface area contributed by atoms with Crippen molar-refractivity contribution in [3.05, 3.63) is 77.9 Å². The monoisotopic (exact) mass is 325 g/mol. The molecule has 0 bridgehead atoms. The summed E-state index contributed by atoms with van der Waals surface area (Å²) in [5, 5.41) is 5.48. The fraction of sp³-hybridized carbons (Fsp3) is 0.118. The van der Waals surface area contributed by atoms with Crippen molar-refractivity contribution in [2.45, 2.75) is 13.1 Å². The second kappa shape index (κ2) is 7.28. The lowest BCUT2D eigenvalue weighted by Crippen LogP contribution is -2.25. The number of carbonyl (C=O) groups is 2. The highest BCUT2D eigenvalue weighted by atomic mass is 16.3. The minimum atomic E-state index is -0.312. The molecule has 122 valence electrons. The first-order chi connectivity index (χ1) is 11.7.